The predicted molar refractivity (Wildman–Crippen MR) is 44.8 cm³/mol. The molecule has 0 bridgehead atoms. The molecule has 0 aromatic heterocycles. The maximum atomic E-state index is 12.8. The molecule has 0 amide bonds. The van der Waals surface area contributed by atoms with Gasteiger partial charge in [0.2, 0.25) is 0 Å². The van der Waals surface area contributed by atoms with Crippen LogP contribution in [0.1, 0.15) is 13.8 Å². The van der Waals surface area contributed by atoms with Gasteiger partial charge in [-0.05, 0) is 19.4 Å². The number of hydrogen-bond acceptors (Lipinski definition) is 2. The molecular formula is C8H10FNO2. The van der Waals surface area contributed by atoms with Gasteiger partial charge in [-0.25, -0.2) is 4.39 Å². The van der Waals surface area contributed by atoms with Crippen molar-refractivity contribution in [2.75, 3.05) is 0 Å². The molecule has 0 atom stereocenters. The first kappa shape index (κ1) is 10.6. The number of allylic oxidation sites excluding steroid dienone is 4. The fourth-order valence-electron chi connectivity index (χ4n) is 0.460. The molecule has 0 aliphatic rings. The molecule has 0 saturated carbocycles. The third kappa shape index (κ3) is 3.09. The Morgan fingerprint density at radius 2 is 2.08 bits per heavy atom. The van der Waals surface area contributed by atoms with E-state index in [0.717, 1.165) is 12.2 Å². The minimum absolute atomic E-state index is 0.339. The Balaban J connectivity index is 4.86. The zero-order valence-electron chi connectivity index (χ0n) is 7.00. The first-order chi connectivity index (χ1) is 5.49. The summed E-state index contributed by atoms with van der Waals surface area (Å²) in [6.45, 7) is 6.26. The zero-order chi connectivity index (χ0) is 9.72. The third-order valence-corrected chi connectivity index (χ3v) is 1.17. The molecule has 0 aliphatic carbocycles. The molecule has 0 aromatic carbocycles. The summed E-state index contributed by atoms with van der Waals surface area (Å²) in [7, 11) is 0. The highest BCUT2D eigenvalue weighted by Crippen LogP contribution is 2.10. The second-order valence-electron chi connectivity index (χ2n) is 2.38. The Kier molecular flexibility index (Phi) is 3.90. The van der Waals surface area contributed by atoms with Gasteiger partial charge >= 0.3 is 0 Å². The van der Waals surface area contributed by atoms with Crippen LogP contribution in [0, 0.1) is 10.1 Å². The first-order valence-electron chi connectivity index (χ1n) is 3.30. The Hall–Kier alpha value is -1.45. The van der Waals surface area contributed by atoms with Gasteiger partial charge in [-0.3, -0.25) is 10.1 Å². The van der Waals surface area contributed by atoms with Crippen LogP contribution in [0.2, 0.25) is 0 Å². The van der Waals surface area contributed by atoms with Crippen LogP contribution >= 0.6 is 0 Å². The summed E-state index contributed by atoms with van der Waals surface area (Å²) in [4.78, 5) is 9.48. The van der Waals surface area contributed by atoms with Crippen molar-refractivity contribution in [3.05, 3.63) is 45.9 Å². The standard InChI is InChI=1S/C8H10FNO2/c1-4-7(10(11)12)5-8(9)6(2)3/h4-5H,1H2,2-3H3/b7-5+. The van der Waals surface area contributed by atoms with Crippen LogP contribution in [-0.2, 0) is 0 Å². The zero-order valence-corrected chi connectivity index (χ0v) is 7.00. The van der Waals surface area contributed by atoms with E-state index >= 15 is 0 Å². The molecule has 0 spiro atoms. The van der Waals surface area contributed by atoms with Crippen molar-refractivity contribution in [2.45, 2.75) is 13.8 Å². The van der Waals surface area contributed by atoms with Crippen LogP contribution in [0.15, 0.2) is 35.8 Å². The fourth-order valence-corrected chi connectivity index (χ4v) is 0.460. The summed E-state index contributed by atoms with van der Waals surface area (Å²) < 4.78 is 12.8. The van der Waals surface area contributed by atoms with Crippen LogP contribution < -0.4 is 0 Å². The van der Waals surface area contributed by atoms with E-state index in [1.54, 1.807) is 0 Å². The molecule has 66 valence electrons. The first-order valence-corrected chi connectivity index (χ1v) is 3.30. The van der Waals surface area contributed by atoms with Gasteiger partial charge in [0.15, 0.2) is 0 Å². The van der Waals surface area contributed by atoms with Gasteiger partial charge in [0, 0.05) is 6.08 Å². The van der Waals surface area contributed by atoms with Gasteiger partial charge in [-0.15, -0.1) is 0 Å². The van der Waals surface area contributed by atoms with Gasteiger partial charge in [0.05, 0.1) is 11.0 Å². The van der Waals surface area contributed by atoms with E-state index < -0.39 is 10.8 Å². The Morgan fingerprint density at radius 1 is 1.58 bits per heavy atom. The molecule has 0 unspecified atom stereocenters. The van der Waals surface area contributed by atoms with Crippen LogP contribution in [0.3, 0.4) is 0 Å². The molecule has 0 N–H and O–H groups in total. The average molecular weight is 171 g/mol. The maximum Gasteiger partial charge on any atom is 0.271 e. The SMILES string of the molecule is C=C/C(=C\C(F)=C(C)C)[N+](=O)[O-]. The largest absolute Gasteiger partial charge is 0.271 e. The second-order valence-corrected chi connectivity index (χ2v) is 2.38. The normalized spacial score (nSPS) is 10.8. The Labute approximate surface area is 70.0 Å². The topological polar surface area (TPSA) is 43.1 Å². The summed E-state index contributed by atoms with van der Waals surface area (Å²) in [6, 6.07) is 0. The molecule has 0 aromatic rings. The van der Waals surface area contributed by atoms with Gasteiger partial charge in [-0.1, -0.05) is 6.58 Å². The van der Waals surface area contributed by atoms with Crippen LogP contribution in [-0.4, -0.2) is 4.92 Å². The summed E-state index contributed by atoms with van der Waals surface area (Å²) in [5, 5.41) is 10.2. The molecule has 0 aliphatic heterocycles. The molecule has 0 heterocycles. The van der Waals surface area contributed by atoms with Crippen molar-refractivity contribution in [1.82, 2.24) is 0 Å². The smallest absolute Gasteiger partial charge is 0.258 e. The van der Waals surface area contributed by atoms with Crippen molar-refractivity contribution in [1.29, 1.82) is 0 Å². The lowest BCUT2D eigenvalue weighted by molar-refractivity contribution is -0.419. The Bertz CT molecular complexity index is 262. The van der Waals surface area contributed by atoms with Gasteiger partial charge in [0.25, 0.3) is 5.70 Å². The molecule has 12 heavy (non-hydrogen) atoms. The third-order valence-electron chi connectivity index (χ3n) is 1.17. The number of nitrogens with zero attached hydrogens (tertiary/aromatic N) is 1. The highest BCUT2D eigenvalue weighted by atomic mass is 19.1. The number of nitro groups is 1. The van der Waals surface area contributed by atoms with E-state index in [-0.39, 0.29) is 5.70 Å². The van der Waals surface area contributed by atoms with Crippen molar-refractivity contribution in [3.63, 3.8) is 0 Å². The van der Waals surface area contributed by atoms with Crippen molar-refractivity contribution in [2.24, 2.45) is 0 Å². The molecular weight excluding hydrogens is 161 g/mol. The van der Waals surface area contributed by atoms with Crippen LogP contribution in [0.25, 0.3) is 0 Å². The van der Waals surface area contributed by atoms with Crippen molar-refractivity contribution in [3.8, 4) is 0 Å². The summed E-state index contributed by atoms with van der Waals surface area (Å²) >= 11 is 0. The van der Waals surface area contributed by atoms with E-state index in [0.29, 0.717) is 5.57 Å². The molecule has 0 rings (SSSR count). The average Bonchev–Trinajstić information content (AvgIpc) is 1.98. The van der Waals surface area contributed by atoms with E-state index in [2.05, 4.69) is 6.58 Å². The minimum Gasteiger partial charge on any atom is -0.258 e. The summed E-state index contributed by atoms with van der Waals surface area (Å²) in [5.41, 5.74) is 0.0601. The highest BCUT2D eigenvalue weighted by Gasteiger charge is 2.06. The number of rotatable bonds is 3. The predicted octanol–water partition coefficient (Wildman–Crippen LogP) is 2.60. The lowest BCUT2D eigenvalue weighted by atomic mass is 10.2. The maximum absolute atomic E-state index is 12.8. The van der Waals surface area contributed by atoms with Crippen LogP contribution in [0.5, 0.6) is 0 Å². The van der Waals surface area contributed by atoms with E-state index in [4.69, 9.17) is 0 Å². The lowest BCUT2D eigenvalue weighted by Crippen LogP contribution is -1.94. The van der Waals surface area contributed by atoms with Gasteiger partial charge < -0.3 is 0 Å². The summed E-state index contributed by atoms with van der Waals surface area (Å²) in [6.07, 6.45) is 1.85. The van der Waals surface area contributed by atoms with E-state index in [1.165, 1.54) is 13.8 Å². The fraction of sp³-hybridized carbons (Fsp3) is 0.250. The highest BCUT2D eigenvalue weighted by molar-refractivity contribution is 5.23. The van der Waals surface area contributed by atoms with Crippen molar-refractivity contribution >= 4 is 0 Å². The molecule has 3 nitrogen and oxygen atoms in total. The molecule has 0 fully saturated rings. The number of hydrogen-bond donors (Lipinski definition) is 0. The quantitative estimate of drug-likeness (QED) is 0.372. The number of halogens is 1. The summed E-state index contributed by atoms with van der Waals surface area (Å²) in [5.74, 6) is -0.596. The second kappa shape index (κ2) is 4.43. The van der Waals surface area contributed by atoms with Crippen molar-refractivity contribution < 1.29 is 9.31 Å². The van der Waals surface area contributed by atoms with Crippen LogP contribution in [0.4, 0.5) is 4.39 Å². The molecule has 0 radical (unpaired) electrons. The van der Waals surface area contributed by atoms with Gasteiger partial charge in [0.1, 0.15) is 5.83 Å². The molecule has 0 saturated heterocycles. The monoisotopic (exact) mass is 171 g/mol. The minimum atomic E-state index is -0.685. The van der Waals surface area contributed by atoms with E-state index in [1.807, 2.05) is 0 Å². The van der Waals surface area contributed by atoms with Gasteiger partial charge in [-0.2, -0.15) is 0 Å². The lowest BCUT2D eigenvalue weighted by Gasteiger charge is -1.91. The van der Waals surface area contributed by atoms with E-state index in [9.17, 15) is 14.5 Å². The molecule has 4 heteroatoms. The Morgan fingerprint density at radius 3 is 2.33 bits per heavy atom.